The van der Waals surface area contributed by atoms with E-state index in [2.05, 4.69) is 139 Å². The Balaban J connectivity index is 1.25. The van der Waals surface area contributed by atoms with Gasteiger partial charge in [0.2, 0.25) is 0 Å². The van der Waals surface area contributed by atoms with Gasteiger partial charge in [-0.05, 0) is 95.2 Å². The molecule has 0 N–H and O–H groups in total. The van der Waals surface area contributed by atoms with Crippen LogP contribution >= 0.6 is 0 Å². The Labute approximate surface area is 240 Å². The maximum atomic E-state index is 6.53. The lowest BCUT2D eigenvalue weighted by Gasteiger charge is -2.33. The third kappa shape index (κ3) is 3.91. The molecule has 0 aromatic heterocycles. The van der Waals surface area contributed by atoms with Crippen molar-refractivity contribution in [3.8, 4) is 34.1 Å². The summed E-state index contributed by atoms with van der Waals surface area (Å²) in [5.74, 6) is 3.51. The van der Waals surface area contributed by atoms with Crippen molar-refractivity contribution in [2.24, 2.45) is 0 Å². The number of hydrogen-bond donors (Lipinski definition) is 0. The van der Waals surface area contributed by atoms with Gasteiger partial charge in [-0.3, -0.25) is 0 Å². The van der Waals surface area contributed by atoms with Gasteiger partial charge in [0.05, 0.1) is 0 Å². The minimum absolute atomic E-state index is 0.0812. The van der Waals surface area contributed by atoms with E-state index in [-0.39, 0.29) is 6.71 Å². The quantitative estimate of drug-likeness (QED) is 0.218. The van der Waals surface area contributed by atoms with Crippen LogP contribution in [0.15, 0.2) is 140 Å². The molecule has 6 aromatic rings. The van der Waals surface area contributed by atoms with Crippen LogP contribution in [0, 0.1) is 6.92 Å². The first kappa shape index (κ1) is 23.7. The number of benzene rings is 6. The fraction of sp³-hybridized carbons (Fsp3) is 0.0270. The minimum Gasteiger partial charge on any atom is -0.458 e. The number of aryl methyl sites for hydroxylation is 1. The monoisotopic (exact) mass is 527 g/mol. The average molecular weight is 527 g/mol. The third-order valence-electron chi connectivity index (χ3n) is 8.10. The molecule has 41 heavy (non-hydrogen) atoms. The normalized spacial score (nSPS) is 12.4. The van der Waals surface area contributed by atoms with E-state index in [4.69, 9.17) is 9.47 Å². The fourth-order valence-corrected chi connectivity index (χ4v) is 6.26. The zero-order valence-electron chi connectivity index (χ0n) is 22.6. The van der Waals surface area contributed by atoms with Crippen LogP contribution in [0.3, 0.4) is 0 Å². The number of hydrogen-bond acceptors (Lipinski definition) is 3. The molecule has 0 radical (unpaired) electrons. The van der Waals surface area contributed by atoms with Gasteiger partial charge in [0.1, 0.15) is 23.0 Å². The Kier molecular flexibility index (Phi) is 5.46. The molecule has 0 amide bonds. The van der Waals surface area contributed by atoms with Crippen molar-refractivity contribution in [1.82, 2.24) is 0 Å². The van der Waals surface area contributed by atoms with Gasteiger partial charge in [-0.2, -0.15) is 0 Å². The molecule has 0 bridgehead atoms. The lowest BCUT2D eigenvalue weighted by molar-refractivity contribution is 0.465. The van der Waals surface area contributed by atoms with Crippen LogP contribution in [0.4, 0.5) is 17.1 Å². The van der Waals surface area contributed by atoms with Crippen LogP contribution in [0.2, 0.25) is 0 Å². The summed E-state index contributed by atoms with van der Waals surface area (Å²) in [4.78, 5) is 2.29. The van der Waals surface area contributed by atoms with Crippen molar-refractivity contribution < 1.29 is 9.47 Å². The highest BCUT2D eigenvalue weighted by Crippen LogP contribution is 2.41. The number of rotatable bonds is 4. The van der Waals surface area contributed by atoms with Crippen LogP contribution in [-0.4, -0.2) is 6.71 Å². The Morgan fingerprint density at radius 1 is 0.488 bits per heavy atom. The summed E-state index contributed by atoms with van der Waals surface area (Å²) in [7, 11) is 0. The highest BCUT2D eigenvalue weighted by atomic mass is 16.5. The van der Waals surface area contributed by atoms with E-state index in [9.17, 15) is 0 Å². The van der Waals surface area contributed by atoms with E-state index in [1.54, 1.807) is 0 Å². The van der Waals surface area contributed by atoms with E-state index in [0.29, 0.717) is 0 Å². The minimum atomic E-state index is 0.0812. The van der Waals surface area contributed by atoms with Gasteiger partial charge in [-0.25, -0.2) is 0 Å². The Morgan fingerprint density at radius 2 is 1.00 bits per heavy atom. The molecule has 0 fully saturated rings. The maximum absolute atomic E-state index is 6.53. The second kappa shape index (κ2) is 9.46. The summed E-state index contributed by atoms with van der Waals surface area (Å²) < 4.78 is 13.1. The molecule has 4 heteroatoms. The van der Waals surface area contributed by atoms with Crippen molar-refractivity contribution >= 4 is 40.2 Å². The van der Waals surface area contributed by atoms with Crippen LogP contribution < -0.4 is 30.8 Å². The van der Waals surface area contributed by atoms with Crippen molar-refractivity contribution in [1.29, 1.82) is 0 Å². The van der Waals surface area contributed by atoms with E-state index in [1.807, 2.05) is 12.1 Å². The average Bonchev–Trinajstić information content (AvgIpc) is 3.02. The predicted octanol–water partition coefficient (Wildman–Crippen LogP) is 7.86. The lowest BCUT2D eigenvalue weighted by Crippen LogP contribution is -2.57. The lowest BCUT2D eigenvalue weighted by atomic mass is 9.35. The molecule has 6 aromatic carbocycles. The molecule has 0 saturated heterocycles. The van der Waals surface area contributed by atoms with Gasteiger partial charge in [-0.15, -0.1) is 0 Å². The van der Waals surface area contributed by atoms with Crippen LogP contribution in [0.5, 0.6) is 23.0 Å². The van der Waals surface area contributed by atoms with Gasteiger partial charge in [0, 0.05) is 22.5 Å². The zero-order valence-corrected chi connectivity index (χ0v) is 22.6. The first-order valence-corrected chi connectivity index (χ1v) is 14.0. The molecule has 0 aliphatic carbocycles. The van der Waals surface area contributed by atoms with Crippen LogP contribution in [0.25, 0.3) is 11.1 Å². The Morgan fingerprint density at radius 3 is 1.54 bits per heavy atom. The van der Waals surface area contributed by atoms with Crippen LogP contribution in [0.1, 0.15) is 5.56 Å². The number of ether oxygens (including phenoxy) is 2. The standard InChI is InChI=1S/C37H26BNO2/c1-25-22-29(39(27-12-4-2-5-13-27)28-14-6-3-7-15-28)20-21-30(25)26-23-35-37-36(24-26)41-34-19-11-9-17-32(34)38(37)31-16-8-10-18-33(31)40-35/h2-24H,1H3. The molecule has 0 spiro atoms. The smallest absolute Gasteiger partial charge is 0.260 e. The Hall–Kier alpha value is -5.22. The SMILES string of the molecule is Cc1cc(N(c2ccccc2)c2ccccc2)ccc1-c1cc2c3c(c1)Oc1ccccc1B3c1ccccc1O2. The zero-order chi connectivity index (χ0) is 27.3. The van der Waals surface area contributed by atoms with Gasteiger partial charge >= 0.3 is 0 Å². The molecule has 2 heterocycles. The number of fused-ring (bicyclic) bond motifs is 4. The van der Waals surface area contributed by atoms with Gasteiger partial charge < -0.3 is 14.4 Å². The van der Waals surface area contributed by atoms with Gasteiger partial charge in [-0.1, -0.05) is 78.9 Å². The first-order chi connectivity index (χ1) is 20.2. The molecule has 194 valence electrons. The Bertz CT molecular complexity index is 1810. The van der Waals surface area contributed by atoms with Crippen molar-refractivity contribution in [3.63, 3.8) is 0 Å². The summed E-state index contributed by atoms with van der Waals surface area (Å²) in [5, 5.41) is 0. The molecule has 2 aliphatic rings. The summed E-state index contributed by atoms with van der Waals surface area (Å²) in [6.45, 7) is 2.25. The summed E-state index contributed by atoms with van der Waals surface area (Å²) in [6, 6.07) is 48.7. The molecule has 0 saturated carbocycles. The van der Waals surface area contributed by atoms with Crippen LogP contribution in [-0.2, 0) is 0 Å². The summed E-state index contributed by atoms with van der Waals surface area (Å²) in [5.41, 5.74) is 10.2. The molecule has 3 nitrogen and oxygen atoms in total. The van der Waals surface area contributed by atoms with Crippen molar-refractivity contribution in [2.45, 2.75) is 6.92 Å². The molecular weight excluding hydrogens is 501 g/mol. The maximum Gasteiger partial charge on any atom is 0.260 e. The van der Waals surface area contributed by atoms with E-state index < -0.39 is 0 Å². The van der Waals surface area contributed by atoms with E-state index >= 15 is 0 Å². The summed E-state index contributed by atoms with van der Waals surface area (Å²) >= 11 is 0. The fourth-order valence-electron chi connectivity index (χ4n) is 6.26. The molecule has 2 aliphatic heterocycles. The number of para-hydroxylation sites is 4. The topological polar surface area (TPSA) is 21.7 Å². The van der Waals surface area contributed by atoms with E-state index in [0.717, 1.165) is 56.6 Å². The molecule has 8 rings (SSSR count). The van der Waals surface area contributed by atoms with Crippen molar-refractivity contribution in [2.75, 3.05) is 4.90 Å². The molecular formula is C37H26BNO2. The first-order valence-electron chi connectivity index (χ1n) is 14.0. The third-order valence-corrected chi connectivity index (χ3v) is 8.10. The molecule has 0 unspecified atom stereocenters. The van der Waals surface area contributed by atoms with Gasteiger partial charge in [0.25, 0.3) is 6.71 Å². The van der Waals surface area contributed by atoms with Gasteiger partial charge in [0.15, 0.2) is 0 Å². The molecule has 0 atom stereocenters. The predicted molar refractivity (Wildman–Crippen MR) is 169 cm³/mol. The highest BCUT2D eigenvalue weighted by Gasteiger charge is 2.40. The highest BCUT2D eigenvalue weighted by molar-refractivity contribution is 6.98. The number of nitrogens with zero attached hydrogens (tertiary/aromatic N) is 1. The van der Waals surface area contributed by atoms with Crippen molar-refractivity contribution in [3.05, 3.63) is 145 Å². The second-order valence-electron chi connectivity index (χ2n) is 10.6. The van der Waals surface area contributed by atoms with E-state index in [1.165, 1.54) is 16.5 Å². The second-order valence-corrected chi connectivity index (χ2v) is 10.6. The number of anilines is 3. The summed E-state index contributed by atoms with van der Waals surface area (Å²) in [6.07, 6.45) is 0. The largest absolute Gasteiger partial charge is 0.458 e.